The minimum atomic E-state index is -0.630. The zero-order valence-electron chi connectivity index (χ0n) is 11.6. The highest BCUT2D eigenvalue weighted by Gasteiger charge is 2.21. The molecule has 17 heavy (non-hydrogen) atoms. The van der Waals surface area contributed by atoms with Crippen molar-refractivity contribution < 1.29 is 9.90 Å². The van der Waals surface area contributed by atoms with Gasteiger partial charge in [0.15, 0.2) is 0 Å². The highest BCUT2D eigenvalue weighted by atomic mass is 32.2. The lowest BCUT2D eigenvalue weighted by Gasteiger charge is -2.25. The van der Waals surface area contributed by atoms with E-state index in [4.69, 9.17) is 5.11 Å². The Morgan fingerprint density at radius 1 is 1.18 bits per heavy atom. The van der Waals surface area contributed by atoms with Crippen molar-refractivity contribution in [3.8, 4) is 0 Å². The molecule has 2 nitrogen and oxygen atoms in total. The maximum absolute atomic E-state index is 10.9. The average Bonchev–Trinajstić information content (AvgIpc) is 2.29. The van der Waals surface area contributed by atoms with Crippen molar-refractivity contribution >= 4 is 17.7 Å². The number of carbonyl (C=O) groups is 1. The third kappa shape index (κ3) is 8.53. The predicted molar refractivity (Wildman–Crippen MR) is 76.7 cm³/mol. The van der Waals surface area contributed by atoms with Crippen LogP contribution in [0.4, 0.5) is 0 Å². The number of carboxylic acid groups (broad SMARTS) is 1. The summed E-state index contributed by atoms with van der Waals surface area (Å²) in [6.07, 6.45) is 9.47. The number of hydrogen-bond acceptors (Lipinski definition) is 2. The number of thioether (sulfide) groups is 1. The summed E-state index contributed by atoms with van der Waals surface area (Å²) in [4.78, 5) is 10.9. The summed E-state index contributed by atoms with van der Waals surface area (Å²) in [5, 5.41) is 9.01. The second-order valence-corrected chi connectivity index (χ2v) is 5.79. The largest absolute Gasteiger partial charge is 0.481 e. The van der Waals surface area contributed by atoms with Crippen LogP contribution in [-0.2, 0) is 4.79 Å². The molecule has 0 aliphatic carbocycles. The van der Waals surface area contributed by atoms with E-state index in [1.807, 2.05) is 11.8 Å². The van der Waals surface area contributed by atoms with E-state index in [1.54, 1.807) is 0 Å². The third-order valence-corrected chi connectivity index (χ3v) is 4.18. The molecule has 2 unspecified atom stereocenters. The SMILES string of the molecule is CCCCC(CC)C(CCCSC)CC(=O)O. The van der Waals surface area contributed by atoms with E-state index in [0.717, 1.165) is 25.0 Å². The minimum absolute atomic E-state index is 0.358. The van der Waals surface area contributed by atoms with Crippen LogP contribution in [0.3, 0.4) is 0 Å². The summed E-state index contributed by atoms with van der Waals surface area (Å²) in [7, 11) is 0. The van der Waals surface area contributed by atoms with Gasteiger partial charge in [0.1, 0.15) is 0 Å². The fraction of sp³-hybridized carbons (Fsp3) is 0.929. The molecule has 0 fully saturated rings. The van der Waals surface area contributed by atoms with Crippen LogP contribution in [0.1, 0.15) is 58.8 Å². The fourth-order valence-electron chi connectivity index (χ4n) is 2.46. The Labute approximate surface area is 111 Å². The molecule has 0 saturated heterocycles. The Morgan fingerprint density at radius 2 is 1.82 bits per heavy atom. The quantitative estimate of drug-likeness (QED) is 0.558. The van der Waals surface area contributed by atoms with Gasteiger partial charge in [0.25, 0.3) is 0 Å². The lowest BCUT2D eigenvalue weighted by Crippen LogP contribution is -2.18. The van der Waals surface area contributed by atoms with E-state index in [-0.39, 0.29) is 0 Å². The molecule has 0 heterocycles. The predicted octanol–water partition coefficient (Wildman–Crippen LogP) is 4.44. The van der Waals surface area contributed by atoms with E-state index in [0.29, 0.717) is 18.3 Å². The van der Waals surface area contributed by atoms with Crippen molar-refractivity contribution in [1.29, 1.82) is 0 Å². The van der Waals surface area contributed by atoms with Gasteiger partial charge in [-0.3, -0.25) is 4.79 Å². The molecule has 0 spiro atoms. The molecule has 0 radical (unpaired) electrons. The van der Waals surface area contributed by atoms with Gasteiger partial charge in [0, 0.05) is 6.42 Å². The van der Waals surface area contributed by atoms with Gasteiger partial charge in [-0.1, -0.05) is 39.5 Å². The van der Waals surface area contributed by atoms with Crippen molar-refractivity contribution in [3.63, 3.8) is 0 Å². The summed E-state index contributed by atoms with van der Waals surface area (Å²) in [6.45, 7) is 4.40. The Hall–Kier alpha value is -0.180. The highest BCUT2D eigenvalue weighted by Crippen LogP contribution is 2.29. The molecule has 1 N–H and O–H groups in total. The summed E-state index contributed by atoms with van der Waals surface area (Å²) in [5.41, 5.74) is 0. The second kappa shape index (κ2) is 10.9. The van der Waals surface area contributed by atoms with Crippen LogP contribution in [0.25, 0.3) is 0 Å². The molecule has 0 aromatic carbocycles. The van der Waals surface area contributed by atoms with Crippen LogP contribution in [0, 0.1) is 11.8 Å². The van der Waals surface area contributed by atoms with Crippen LogP contribution < -0.4 is 0 Å². The number of aliphatic carboxylic acids is 1. The molecule has 0 aliphatic heterocycles. The normalized spacial score (nSPS) is 14.5. The zero-order chi connectivity index (χ0) is 13.1. The van der Waals surface area contributed by atoms with E-state index in [2.05, 4.69) is 20.1 Å². The number of hydrogen-bond donors (Lipinski definition) is 1. The molecule has 0 rings (SSSR count). The Morgan fingerprint density at radius 3 is 2.29 bits per heavy atom. The Bertz CT molecular complexity index is 195. The van der Waals surface area contributed by atoms with Gasteiger partial charge in [0.05, 0.1) is 0 Å². The fourth-order valence-corrected chi connectivity index (χ4v) is 2.91. The number of carboxylic acids is 1. The molecule has 3 heteroatoms. The lowest BCUT2D eigenvalue weighted by atomic mass is 9.81. The Balaban J connectivity index is 4.23. The molecule has 0 aromatic heterocycles. The summed E-state index contributed by atoms with van der Waals surface area (Å²) < 4.78 is 0. The maximum Gasteiger partial charge on any atom is 0.303 e. The van der Waals surface area contributed by atoms with Crippen molar-refractivity contribution in [1.82, 2.24) is 0 Å². The molecule has 0 amide bonds. The van der Waals surface area contributed by atoms with Crippen molar-refractivity contribution in [2.75, 3.05) is 12.0 Å². The van der Waals surface area contributed by atoms with E-state index in [1.165, 1.54) is 19.3 Å². The van der Waals surface area contributed by atoms with E-state index < -0.39 is 5.97 Å². The van der Waals surface area contributed by atoms with E-state index in [9.17, 15) is 4.79 Å². The van der Waals surface area contributed by atoms with Gasteiger partial charge in [-0.25, -0.2) is 0 Å². The first kappa shape index (κ1) is 16.8. The standard InChI is InChI=1S/C14H28O2S/c1-4-6-8-12(5-2)13(11-14(15)16)9-7-10-17-3/h12-13H,4-11H2,1-3H3,(H,15,16). The van der Waals surface area contributed by atoms with Crippen LogP contribution >= 0.6 is 11.8 Å². The average molecular weight is 260 g/mol. The molecule has 0 bridgehead atoms. The van der Waals surface area contributed by atoms with Crippen LogP contribution in [-0.4, -0.2) is 23.1 Å². The van der Waals surface area contributed by atoms with Gasteiger partial charge < -0.3 is 5.11 Å². The van der Waals surface area contributed by atoms with Gasteiger partial charge in [0.2, 0.25) is 0 Å². The van der Waals surface area contributed by atoms with Gasteiger partial charge in [-0.15, -0.1) is 0 Å². The first-order chi connectivity index (χ1) is 8.15. The van der Waals surface area contributed by atoms with Crippen molar-refractivity contribution in [3.05, 3.63) is 0 Å². The second-order valence-electron chi connectivity index (χ2n) is 4.80. The number of unbranched alkanes of at least 4 members (excludes halogenated alkanes) is 1. The van der Waals surface area contributed by atoms with Crippen LogP contribution in [0.15, 0.2) is 0 Å². The maximum atomic E-state index is 10.9. The van der Waals surface area contributed by atoms with Gasteiger partial charge >= 0.3 is 5.97 Å². The summed E-state index contributed by atoms with van der Waals surface area (Å²) in [6, 6.07) is 0. The molecule has 2 atom stereocenters. The van der Waals surface area contributed by atoms with Gasteiger partial charge in [-0.2, -0.15) is 11.8 Å². The monoisotopic (exact) mass is 260 g/mol. The lowest BCUT2D eigenvalue weighted by molar-refractivity contribution is -0.138. The van der Waals surface area contributed by atoms with Crippen molar-refractivity contribution in [2.45, 2.75) is 58.8 Å². The summed E-state index contributed by atoms with van der Waals surface area (Å²) >= 11 is 1.85. The van der Waals surface area contributed by atoms with Crippen LogP contribution in [0.5, 0.6) is 0 Å². The van der Waals surface area contributed by atoms with Gasteiger partial charge in [-0.05, 0) is 36.7 Å². The van der Waals surface area contributed by atoms with Crippen molar-refractivity contribution in [2.24, 2.45) is 11.8 Å². The molecule has 0 aliphatic rings. The summed E-state index contributed by atoms with van der Waals surface area (Å²) in [5.74, 6) is 1.51. The smallest absolute Gasteiger partial charge is 0.303 e. The number of rotatable bonds is 11. The Kier molecular flexibility index (Phi) is 10.8. The van der Waals surface area contributed by atoms with Crippen LogP contribution in [0.2, 0.25) is 0 Å². The van der Waals surface area contributed by atoms with E-state index >= 15 is 0 Å². The topological polar surface area (TPSA) is 37.3 Å². The highest BCUT2D eigenvalue weighted by molar-refractivity contribution is 7.98. The third-order valence-electron chi connectivity index (χ3n) is 3.48. The first-order valence-electron chi connectivity index (χ1n) is 6.86. The molecular formula is C14H28O2S. The first-order valence-corrected chi connectivity index (χ1v) is 8.25. The minimum Gasteiger partial charge on any atom is -0.481 e. The molecule has 102 valence electrons. The zero-order valence-corrected chi connectivity index (χ0v) is 12.4. The molecule has 0 aromatic rings. The molecule has 0 saturated carbocycles. The molecular weight excluding hydrogens is 232 g/mol.